The molecule has 1 N–H and O–H groups in total. The number of alkyl halides is 4. The van der Waals surface area contributed by atoms with Crippen LogP contribution in [0.25, 0.3) is 0 Å². The Kier molecular flexibility index (Phi) is 5.09. The topological polar surface area (TPSA) is 29.1 Å². The first kappa shape index (κ1) is 14.6. The van der Waals surface area contributed by atoms with E-state index in [1.165, 1.54) is 11.8 Å². The van der Waals surface area contributed by atoms with Crippen molar-refractivity contribution in [1.29, 1.82) is 0 Å². The van der Waals surface area contributed by atoms with Crippen molar-refractivity contribution in [1.82, 2.24) is 5.32 Å². The SMILES string of the molecule is CSC1CCCCC1NC(=O)C(F)(F)C(F)F. The minimum absolute atomic E-state index is 0.0289. The molecule has 1 amide bonds. The lowest BCUT2D eigenvalue weighted by molar-refractivity contribution is -0.170. The first-order valence-electron chi connectivity index (χ1n) is 5.39. The summed E-state index contributed by atoms with van der Waals surface area (Å²) in [7, 11) is 0. The van der Waals surface area contributed by atoms with Crippen molar-refractivity contribution in [2.24, 2.45) is 0 Å². The molecular formula is C10H15F4NOS. The van der Waals surface area contributed by atoms with Gasteiger partial charge in [0.2, 0.25) is 0 Å². The Morgan fingerprint density at radius 3 is 2.47 bits per heavy atom. The Morgan fingerprint density at radius 2 is 1.94 bits per heavy atom. The summed E-state index contributed by atoms with van der Waals surface area (Å²) in [6.07, 6.45) is 1.04. The molecule has 1 aliphatic rings. The fourth-order valence-corrected chi connectivity index (χ4v) is 2.84. The quantitative estimate of drug-likeness (QED) is 0.798. The third-order valence-electron chi connectivity index (χ3n) is 2.90. The van der Waals surface area contributed by atoms with Gasteiger partial charge >= 0.3 is 12.3 Å². The van der Waals surface area contributed by atoms with Crippen LogP contribution >= 0.6 is 11.8 Å². The number of thioether (sulfide) groups is 1. The molecule has 0 aromatic carbocycles. The number of hydrogen-bond donors (Lipinski definition) is 1. The van der Waals surface area contributed by atoms with Crippen LogP contribution in [0.1, 0.15) is 25.7 Å². The van der Waals surface area contributed by atoms with E-state index >= 15 is 0 Å². The molecule has 1 fully saturated rings. The van der Waals surface area contributed by atoms with Crippen LogP contribution in [0.2, 0.25) is 0 Å². The van der Waals surface area contributed by atoms with E-state index in [4.69, 9.17) is 0 Å². The van der Waals surface area contributed by atoms with Gasteiger partial charge in [-0.05, 0) is 19.1 Å². The summed E-state index contributed by atoms with van der Waals surface area (Å²) in [5.74, 6) is -6.46. The first-order valence-corrected chi connectivity index (χ1v) is 6.68. The minimum Gasteiger partial charge on any atom is -0.347 e. The molecule has 0 aliphatic heterocycles. The molecule has 0 radical (unpaired) electrons. The summed E-state index contributed by atoms with van der Waals surface area (Å²) in [6.45, 7) is 0. The molecule has 17 heavy (non-hydrogen) atoms. The van der Waals surface area contributed by atoms with Crippen LogP contribution in [-0.2, 0) is 4.79 Å². The van der Waals surface area contributed by atoms with Gasteiger partial charge in [0.25, 0.3) is 5.91 Å². The molecule has 1 aliphatic carbocycles. The molecule has 1 rings (SSSR count). The van der Waals surface area contributed by atoms with Gasteiger partial charge in [0, 0.05) is 11.3 Å². The highest BCUT2D eigenvalue weighted by Gasteiger charge is 2.49. The van der Waals surface area contributed by atoms with Gasteiger partial charge in [-0.3, -0.25) is 4.79 Å². The second kappa shape index (κ2) is 5.93. The molecule has 2 unspecified atom stereocenters. The molecular weight excluding hydrogens is 258 g/mol. The maximum atomic E-state index is 12.8. The molecule has 0 spiro atoms. The summed E-state index contributed by atoms with van der Waals surface area (Å²) in [5, 5.41) is 2.08. The highest BCUT2D eigenvalue weighted by molar-refractivity contribution is 7.99. The van der Waals surface area contributed by atoms with Crippen molar-refractivity contribution < 1.29 is 22.4 Å². The molecule has 0 bridgehead atoms. The summed E-state index contributed by atoms with van der Waals surface area (Å²) >= 11 is 1.47. The van der Waals surface area contributed by atoms with E-state index in [1.54, 1.807) is 0 Å². The zero-order valence-electron chi connectivity index (χ0n) is 9.39. The molecule has 100 valence electrons. The zero-order chi connectivity index (χ0) is 13.1. The molecule has 2 atom stereocenters. The summed E-state index contributed by atoms with van der Waals surface area (Å²) in [4.78, 5) is 11.1. The normalized spacial score (nSPS) is 26.0. The third-order valence-corrected chi connectivity index (χ3v) is 4.07. The van der Waals surface area contributed by atoms with Crippen LogP contribution in [0.5, 0.6) is 0 Å². The third kappa shape index (κ3) is 3.50. The Labute approximate surface area is 102 Å². The molecule has 1 saturated carbocycles. The van der Waals surface area contributed by atoms with Gasteiger partial charge in [0.1, 0.15) is 0 Å². The number of halogens is 4. The largest absolute Gasteiger partial charge is 0.383 e. The van der Waals surface area contributed by atoms with E-state index in [2.05, 4.69) is 5.32 Å². The number of nitrogens with one attached hydrogen (secondary N) is 1. The van der Waals surface area contributed by atoms with Crippen LogP contribution in [0.15, 0.2) is 0 Å². The van der Waals surface area contributed by atoms with Gasteiger partial charge in [-0.1, -0.05) is 12.8 Å². The Morgan fingerprint density at radius 1 is 1.35 bits per heavy atom. The van der Waals surface area contributed by atoms with E-state index in [1.807, 2.05) is 6.26 Å². The van der Waals surface area contributed by atoms with Crippen LogP contribution < -0.4 is 5.32 Å². The second-order valence-electron chi connectivity index (χ2n) is 4.06. The van der Waals surface area contributed by atoms with E-state index in [0.717, 1.165) is 19.3 Å². The zero-order valence-corrected chi connectivity index (χ0v) is 10.2. The van der Waals surface area contributed by atoms with Gasteiger partial charge in [-0.15, -0.1) is 0 Å². The lowest BCUT2D eigenvalue weighted by Crippen LogP contribution is -2.52. The first-order chi connectivity index (χ1) is 7.89. The van der Waals surface area contributed by atoms with Crippen molar-refractivity contribution in [2.75, 3.05) is 6.26 Å². The standard InChI is InChI=1S/C10H15F4NOS/c1-17-7-5-3-2-4-6(7)15-9(16)10(13,14)8(11)12/h6-8H,2-5H2,1H3,(H,15,16). The predicted octanol–water partition coefficient (Wildman–Crippen LogP) is 2.68. The van der Waals surface area contributed by atoms with Crippen molar-refractivity contribution in [2.45, 2.75) is 49.3 Å². The highest BCUT2D eigenvalue weighted by atomic mass is 32.2. The smallest absolute Gasteiger partial charge is 0.347 e. The maximum absolute atomic E-state index is 12.8. The van der Waals surface area contributed by atoms with Crippen LogP contribution in [0.4, 0.5) is 17.6 Å². The number of amides is 1. The molecule has 2 nitrogen and oxygen atoms in total. The number of rotatable bonds is 4. The lowest BCUT2D eigenvalue weighted by atomic mass is 9.94. The highest BCUT2D eigenvalue weighted by Crippen LogP contribution is 2.29. The van der Waals surface area contributed by atoms with Gasteiger partial charge < -0.3 is 5.32 Å². The molecule has 0 heterocycles. The fourth-order valence-electron chi connectivity index (χ4n) is 1.91. The fraction of sp³-hybridized carbons (Fsp3) is 0.900. The predicted molar refractivity (Wildman–Crippen MR) is 58.7 cm³/mol. The maximum Gasteiger partial charge on any atom is 0.383 e. The van der Waals surface area contributed by atoms with Gasteiger partial charge in [-0.2, -0.15) is 20.5 Å². The molecule has 0 aromatic heterocycles. The van der Waals surface area contributed by atoms with Crippen molar-refractivity contribution in [3.05, 3.63) is 0 Å². The van der Waals surface area contributed by atoms with Crippen molar-refractivity contribution in [3.63, 3.8) is 0 Å². The van der Waals surface area contributed by atoms with E-state index in [-0.39, 0.29) is 5.25 Å². The van der Waals surface area contributed by atoms with Gasteiger partial charge in [0.15, 0.2) is 0 Å². The summed E-state index contributed by atoms with van der Waals surface area (Å²) in [5.41, 5.74) is 0. The average Bonchev–Trinajstić information content (AvgIpc) is 2.29. The number of carbonyl (C=O) groups is 1. The number of hydrogen-bond acceptors (Lipinski definition) is 2. The van der Waals surface area contributed by atoms with Crippen LogP contribution in [-0.4, -0.2) is 35.8 Å². The van der Waals surface area contributed by atoms with E-state index in [9.17, 15) is 22.4 Å². The second-order valence-corrected chi connectivity index (χ2v) is 5.14. The van der Waals surface area contributed by atoms with Crippen molar-refractivity contribution in [3.8, 4) is 0 Å². The van der Waals surface area contributed by atoms with Crippen LogP contribution in [0.3, 0.4) is 0 Å². The van der Waals surface area contributed by atoms with Gasteiger partial charge in [-0.25, -0.2) is 8.78 Å². The Balaban J connectivity index is 2.60. The molecule has 7 heteroatoms. The lowest BCUT2D eigenvalue weighted by Gasteiger charge is -2.31. The van der Waals surface area contributed by atoms with E-state index < -0.39 is 24.3 Å². The number of carbonyl (C=O) groups excluding carboxylic acids is 1. The summed E-state index contributed by atoms with van der Waals surface area (Å²) < 4.78 is 49.5. The Bertz CT molecular complexity index is 275. The molecule has 0 saturated heterocycles. The van der Waals surface area contributed by atoms with Crippen molar-refractivity contribution >= 4 is 17.7 Å². The van der Waals surface area contributed by atoms with Crippen LogP contribution in [0, 0.1) is 0 Å². The minimum atomic E-state index is -4.60. The van der Waals surface area contributed by atoms with E-state index in [0.29, 0.717) is 6.42 Å². The Hall–Kier alpha value is -0.460. The molecule has 0 aromatic rings. The monoisotopic (exact) mass is 273 g/mol. The van der Waals surface area contributed by atoms with Gasteiger partial charge in [0.05, 0.1) is 0 Å². The average molecular weight is 273 g/mol. The summed E-state index contributed by atoms with van der Waals surface area (Å²) in [6, 6.07) is -0.434.